The summed E-state index contributed by atoms with van der Waals surface area (Å²) in [6, 6.07) is 1.46. The Kier molecular flexibility index (Phi) is 2.39. The Balaban J connectivity index is 3.11. The van der Waals surface area contributed by atoms with E-state index in [0.29, 0.717) is 10.5 Å². The fourth-order valence-corrected chi connectivity index (χ4v) is 1.89. The summed E-state index contributed by atoms with van der Waals surface area (Å²) in [6.45, 7) is 0. The van der Waals surface area contributed by atoms with Gasteiger partial charge in [0.25, 0.3) is 5.56 Å². The normalized spacial score (nSPS) is 10.8. The minimum Gasteiger partial charge on any atom is -0.313 e. The van der Waals surface area contributed by atoms with Crippen molar-refractivity contribution < 1.29 is 0 Å². The molecule has 6 heteroatoms. The Hall–Kier alpha value is -0.770. The molecule has 0 aliphatic heterocycles. The fourth-order valence-electron chi connectivity index (χ4n) is 1.15. The van der Waals surface area contributed by atoms with E-state index in [9.17, 15) is 4.79 Å². The molecule has 1 N–H and O–H groups in total. The van der Waals surface area contributed by atoms with Crippen LogP contribution in [-0.2, 0) is 0 Å². The first-order valence-corrected chi connectivity index (χ1v) is 4.75. The van der Waals surface area contributed by atoms with Gasteiger partial charge in [0.15, 0.2) is 0 Å². The third kappa shape index (κ3) is 1.38. The summed E-state index contributed by atoms with van der Waals surface area (Å²) >= 11 is 17.5. The van der Waals surface area contributed by atoms with Gasteiger partial charge in [0.1, 0.15) is 0 Å². The van der Waals surface area contributed by atoms with Gasteiger partial charge in [0, 0.05) is 0 Å². The Morgan fingerprint density at radius 2 is 1.93 bits per heavy atom. The second kappa shape index (κ2) is 3.42. The summed E-state index contributed by atoms with van der Waals surface area (Å²) in [5.74, 6) is 0. The Labute approximate surface area is 93.6 Å². The van der Waals surface area contributed by atoms with Gasteiger partial charge in [-0.3, -0.25) is 4.79 Å². The molecule has 1 aromatic carbocycles. The average molecular weight is 249 g/mol. The molecule has 0 aliphatic carbocycles. The van der Waals surface area contributed by atoms with Crippen LogP contribution in [0.2, 0.25) is 15.1 Å². The van der Waals surface area contributed by atoms with Crippen molar-refractivity contribution in [2.75, 3.05) is 0 Å². The van der Waals surface area contributed by atoms with Crippen molar-refractivity contribution in [1.82, 2.24) is 9.97 Å². The monoisotopic (exact) mass is 248 g/mol. The van der Waals surface area contributed by atoms with Crippen LogP contribution in [0.3, 0.4) is 0 Å². The summed E-state index contributed by atoms with van der Waals surface area (Å²) in [5, 5.41) is 0.926. The van der Waals surface area contributed by atoms with Gasteiger partial charge in [0.05, 0.1) is 32.3 Å². The van der Waals surface area contributed by atoms with E-state index >= 15 is 0 Å². The summed E-state index contributed by atoms with van der Waals surface area (Å²) in [5.41, 5.74) is -0.00535. The zero-order valence-electron chi connectivity index (χ0n) is 6.64. The van der Waals surface area contributed by atoms with E-state index in [1.807, 2.05) is 0 Å². The lowest BCUT2D eigenvalue weighted by molar-refractivity contribution is 1.17. The number of nitrogens with one attached hydrogen (secondary N) is 1. The predicted molar refractivity (Wildman–Crippen MR) is 57.4 cm³/mol. The van der Waals surface area contributed by atoms with Crippen LogP contribution in [0.15, 0.2) is 17.2 Å². The van der Waals surface area contributed by atoms with Crippen LogP contribution in [0, 0.1) is 0 Å². The molecule has 0 aliphatic rings. The van der Waals surface area contributed by atoms with Crippen molar-refractivity contribution in [1.29, 1.82) is 0 Å². The third-order valence-corrected chi connectivity index (χ3v) is 2.84. The SMILES string of the molecule is O=c1[nH]cnc2c(Cl)cc(Cl)c(Cl)c12. The Bertz CT molecular complexity index is 564. The fraction of sp³-hybridized carbons (Fsp3) is 0. The van der Waals surface area contributed by atoms with Crippen LogP contribution in [0.25, 0.3) is 10.9 Å². The molecule has 0 radical (unpaired) electrons. The van der Waals surface area contributed by atoms with Gasteiger partial charge in [-0.15, -0.1) is 0 Å². The molecule has 1 aromatic heterocycles. The summed E-state index contributed by atoms with van der Waals surface area (Å²) in [6.07, 6.45) is 1.26. The quantitative estimate of drug-likeness (QED) is 0.730. The van der Waals surface area contributed by atoms with Crippen molar-refractivity contribution in [3.8, 4) is 0 Å². The molecule has 0 spiro atoms. The molecule has 0 bridgehead atoms. The molecule has 2 aromatic rings. The number of hydrogen-bond donors (Lipinski definition) is 1. The molecule has 3 nitrogen and oxygen atoms in total. The summed E-state index contributed by atoms with van der Waals surface area (Å²) in [7, 11) is 0. The summed E-state index contributed by atoms with van der Waals surface area (Å²) < 4.78 is 0. The first kappa shape index (κ1) is 9.77. The van der Waals surface area contributed by atoms with Gasteiger partial charge in [-0.1, -0.05) is 34.8 Å². The van der Waals surface area contributed by atoms with Crippen molar-refractivity contribution in [2.45, 2.75) is 0 Å². The van der Waals surface area contributed by atoms with E-state index in [1.165, 1.54) is 12.4 Å². The minimum atomic E-state index is -0.357. The highest BCUT2D eigenvalue weighted by molar-refractivity contribution is 6.47. The topological polar surface area (TPSA) is 45.8 Å². The highest BCUT2D eigenvalue weighted by Gasteiger charge is 2.11. The molecule has 2 rings (SSSR count). The van der Waals surface area contributed by atoms with E-state index in [4.69, 9.17) is 34.8 Å². The molecule has 0 saturated carbocycles. The van der Waals surface area contributed by atoms with Gasteiger partial charge >= 0.3 is 0 Å². The maximum atomic E-state index is 11.4. The van der Waals surface area contributed by atoms with E-state index in [2.05, 4.69) is 9.97 Å². The number of hydrogen-bond acceptors (Lipinski definition) is 2. The first-order chi connectivity index (χ1) is 6.61. The molecule has 14 heavy (non-hydrogen) atoms. The standard InChI is InChI=1S/C8H3Cl3N2O/c9-3-1-4(10)7-5(6(3)11)8(14)13-2-12-7/h1-2H,(H,12,13,14). The molecule has 0 fully saturated rings. The largest absolute Gasteiger partial charge is 0.313 e. The van der Waals surface area contributed by atoms with Gasteiger partial charge in [0.2, 0.25) is 0 Å². The lowest BCUT2D eigenvalue weighted by Crippen LogP contribution is -2.07. The van der Waals surface area contributed by atoms with Crippen LogP contribution in [0.1, 0.15) is 0 Å². The highest BCUT2D eigenvalue weighted by atomic mass is 35.5. The summed E-state index contributed by atoms with van der Waals surface area (Å²) in [4.78, 5) is 17.7. The highest BCUT2D eigenvalue weighted by Crippen LogP contribution is 2.32. The van der Waals surface area contributed by atoms with Crippen LogP contribution in [-0.4, -0.2) is 9.97 Å². The second-order valence-electron chi connectivity index (χ2n) is 2.61. The molecule has 72 valence electrons. The van der Waals surface area contributed by atoms with Gasteiger partial charge in [-0.25, -0.2) is 4.98 Å². The number of benzene rings is 1. The van der Waals surface area contributed by atoms with Crippen molar-refractivity contribution in [2.24, 2.45) is 0 Å². The van der Waals surface area contributed by atoms with Gasteiger partial charge < -0.3 is 4.98 Å². The van der Waals surface area contributed by atoms with Crippen molar-refractivity contribution >= 4 is 45.7 Å². The molecule has 1 heterocycles. The molecule has 0 atom stereocenters. The van der Waals surface area contributed by atoms with E-state index in [1.54, 1.807) is 0 Å². The third-order valence-electron chi connectivity index (χ3n) is 1.76. The molecular formula is C8H3Cl3N2O. The number of fused-ring (bicyclic) bond motifs is 1. The smallest absolute Gasteiger partial charge is 0.260 e. The van der Waals surface area contributed by atoms with Gasteiger partial charge in [-0.05, 0) is 6.07 Å². The van der Waals surface area contributed by atoms with Crippen LogP contribution < -0.4 is 5.56 Å². The number of nitrogens with zero attached hydrogens (tertiary/aromatic N) is 1. The number of aromatic nitrogens is 2. The zero-order valence-corrected chi connectivity index (χ0v) is 8.91. The van der Waals surface area contributed by atoms with Crippen LogP contribution in [0.5, 0.6) is 0 Å². The van der Waals surface area contributed by atoms with E-state index < -0.39 is 0 Å². The average Bonchev–Trinajstić information content (AvgIpc) is 2.14. The molecule has 0 saturated heterocycles. The number of halogens is 3. The predicted octanol–water partition coefficient (Wildman–Crippen LogP) is 2.88. The van der Waals surface area contributed by atoms with Crippen molar-refractivity contribution in [3.63, 3.8) is 0 Å². The number of aromatic amines is 1. The lowest BCUT2D eigenvalue weighted by Gasteiger charge is -2.02. The lowest BCUT2D eigenvalue weighted by atomic mass is 10.2. The number of rotatable bonds is 0. The first-order valence-electron chi connectivity index (χ1n) is 3.62. The Morgan fingerprint density at radius 1 is 1.21 bits per heavy atom. The maximum absolute atomic E-state index is 11.4. The van der Waals surface area contributed by atoms with E-state index in [-0.39, 0.29) is 21.0 Å². The Morgan fingerprint density at radius 3 is 2.64 bits per heavy atom. The second-order valence-corrected chi connectivity index (χ2v) is 3.80. The number of H-pyrrole nitrogens is 1. The zero-order chi connectivity index (χ0) is 10.3. The van der Waals surface area contributed by atoms with Crippen molar-refractivity contribution in [3.05, 3.63) is 37.8 Å². The molecule has 0 unspecified atom stereocenters. The van der Waals surface area contributed by atoms with Gasteiger partial charge in [-0.2, -0.15) is 0 Å². The van der Waals surface area contributed by atoms with E-state index in [0.717, 1.165) is 0 Å². The molecular weight excluding hydrogens is 246 g/mol. The minimum absolute atomic E-state index is 0.167. The van der Waals surface area contributed by atoms with Crippen LogP contribution >= 0.6 is 34.8 Å². The van der Waals surface area contributed by atoms with Crippen LogP contribution in [0.4, 0.5) is 0 Å². The maximum Gasteiger partial charge on any atom is 0.260 e. The molecule has 0 amide bonds.